The Bertz CT molecular complexity index is 611. The molecule has 0 amide bonds. The topological polar surface area (TPSA) is 58.2 Å². The van der Waals surface area contributed by atoms with Crippen LogP contribution in [0.3, 0.4) is 0 Å². The Balaban J connectivity index is 2.53. The minimum absolute atomic E-state index is 0.177. The van der Waals surface area contributed by atoms with Gasteiger partial charge in [0.05, 0.1) is 10.7 Å². The first-order chi connectivity index (χ1) is 8.61. The third-order valence-electron chi connectivity index (χ3n) is 3.15. The molecule has 4 nitrogen and oxygen atoms in total. The van der Waals surface area contributed by atoms with E-state index in [0.717, 1.165) is 0 Å². The Morgan fingerprint density at radius 1 is 1.37 bits per heavy atom. The van der Waals surface area contributed by atoms with Crippen LogP contribution in [0.5, 0.6) is 0 Å². The molecule has 106 valence electrons. The molecule has 1 unspecified atom stereocenters. The Kier molecular flexibility index (Phi) is 3.90. The van der Waals surface area contributed by atoms with E-state index in [1.54, 1.807) is 6.07 Å². The van der Waals surface area contributed by atoms with E-state index in [1.807, 2.05) is 20.8 Å². The van der Waals surface area contributed by atoms with Gasteiger partial charge in [-0.2, -0.15) is 0 Å². The smallest absolute Gasteiger partial charge is 0.242 e. The zero-order valence-electron chi connectivity index (χ0n) is 10.9. The van der Waals surface area contributed by atoms with Gasteiger partial charge in [0.25, 0.3) is 0 Å². The first kappa shape index (κ1) is 15.1. The molecule has 7 heteroatoms. The van der Waals surface area contributed by atoms with Crippen molar-refractivity contribution in [2.24, 2.45) is 5.41 Å². The lowest BCUT2D eigenvalue weighted by molar-refractivity contribution is 0.311. The zero-order valence-corrected chi connectivity index (χ0v) is 14.1. The second-order valence-corrected chi connectivity index (χ2v) is 8.63. The van der Waals surface area contributed by atoms with E-state index in [2.05, 4.69) is 26.0 Å². The molecule has 0 saturated heterocycles. The number of fused-ring (bicyclic) bond motifs is 1. The van der Waals surface area contributed by atoms with Crippen LogP contribution in [0.4, 0.5) is 5.69 Å². The highest BCUT2D eigenvalue weighted by atomic mass is 79.9. The normalized spacial score (nSPS) is 22.3. The van der Waals surface area contributed by atoms with Gasteiger partial charge in [-0.05, 0) is 33.5 Å². The number of halogens is 2. The SMILES string of the molecule is CC(C)(C)C1CNc2cc(Cl)c(Br)cc2S(=O)(=O)N1. The summed E-state index contributed by atoms with van der Waals surface area (Å²) in [5, 5.41) is 3.64. The lowest BCUT2D eigenvalue weighted by Crippen LogP contribution is -2.46. The molecular formula is C12H16BrClN2O2S. The molecule has 0 bridgehead atoms. The van der Waals surface area contributed by atoms with Crippen LogP contribution in [0.2, 0.25) is 5.02 Å². The van der Waals surface area contributed by atoms with Gasteiger partial charge in [0.15, 0.2) is 0 Å². The fraction of sp³-hybridized carbons (Fsp3) is 0.500. The van der Waals surface area contributed by atoms with Crippen LogP contribution in [0.25, 0.3) is 0 Å². The van der Waals surface area contributed by atoms with Gasteiger partial charge in [-0.25, -0.2) is 13.1 Å². The van der Waals surface area contributed by atoms with Gasteiger partial charge in [-0.15, -0.1) is 0 Å². The fourth-order valence-electron chi connectivity index (χ4n) is 1.88. The van der Waals surface area contributed by atoms with E-state index in [1.165, 1.54) is 6.07 Å². The molecule has 0 spiro atoms. The Hall–Kier alpha value is -0.300. The summed E-state index contributed by atoms with van der Waals surface area (Å²) in [4.78, 5) is 0.218. The largest absolute Gasteiger partial charge is 0.382 e. The van der Waals surface area contributed by atoms with Crippen LogP contribution in [-0.4, -0.2) is 21.0 Å². The number of hydrogen-bond acceptors (Lipinski definition) is 3. The van der Waals surface area contributed by atoms with E-state index >= 15 is 0 Å². The maximum atomic E-state index is 12.4. The van der Waals surface area contributed by atoms with Crippen molar-refractivity contribution in [1.29, 1.82) is 0 Å². The highest BCUT2D eigenvalue weighted by Crippen LogP contribution is 2.34. The van der Waals surface area contributed by atoms with Gasteiger partial charge in [0, 0.05) is 17.1 Å². The Morgan fingerprint density at radius 3 is 2.58 bits per heavy atom. The van der Waals surface area contributed by atoms with E-state index < -0.39 is 10.0 Å². The monoisotopic (exact) mass is 366 g/mol. The summed E-state index contributed by atoms with van der Waals surface area (Å²) in [6.45, 7) is 6.52. The third-order valence-corrected chi connectivity index (χ3v) is 5.86. The summed E-state index contributed by atoms with van der Waals surface area (Å²) in [5.74, 6) is 0. The molecule has 0 radical (unpaired) electrons. The number of hydrogen-bond donors (Lipinski definition) is 2. The average molecular weight is 368 g/mol. The van der Waals surface area contributed by atoms with Gasteiger partial charge >= 0.3 is 0 Å². The number of benzene rings is 1. The average Bonchev–Trinajstić information content (AvgIpc) is 2.37. The molecule has 1 aromatic carbocycles. The van der Waals surface area contributed by atoms with Crippen molar-refractivity contribution in [2.75, 3.05) is 11.9 Å². The molecule has 0 aromatic heterocycles. The predicted molar refractivity (Wildman–Crippen MR) is 81.2 cm³/mol. The van der Waals surface area contributed by atoms with Gasteiger partial charge in [0.1, 0.15) is 4.90 Å². The first-order valence-electron chi connectivity index (χ1n) is 5.86. The van der Waals surface area contributed by atoms with E-state index in [-0.39, 0.29) is 16.4 Å². The highest BCUT2D eigenvalue weighted by Gasteiger charge is 2.33. The third kappa shape index (κ3) is 3.07. The summed E-state index contributed by atoms with van der Waals surface area (Å²) < 4.78 is 28.1. The standard InChI is InChI=1S/C12H16BrClN2O2S/c1-12(2,3)11-6-15-9-5-8(14)7(13)4-10(9)19(17,18)16-11/h4-5,11,15-16H,6H2,1-3H3. The van der Waals surface area contributed by atoms with Crippen molar-refractivity contribution in [3.05, 3.63) is 21.6 Å². The van der Waals surface area contributed by atoms with Gasteiger partial charge in [-0.3, -0.25) is 0 Å². The Morgan fingerprint density at radius 2 is 2.00 bits per heavy atom. The molecule has 1 atom stereocenters. The van der Waals surface area contributed by atoms with Crippen molar-refractivity contribution in [1.82, 2.24) is 4.72 Å². The van der Waals surface area contributed by atoms with Gasteiger partial charge in [0.2, 0.25) is 10.0 Å². The quantitative estimate of drug-likeness (QED) is 0.740. The van der Waals surface area contributed by atoms with Crippen molar-refractivity contribution < 1.29 is 8.42 Å². The number of nitrogens with one attached hydrogen (secondary N) is 2. The van der Waals surface area contributed by atoms with Crippen LogP contribution in [0.1, 0.15) is 20.8 Å². The van der Waals surface area contributed by atoms with Crippen LogP contribution < -0.4 is 10.0 Å². The highest BCUT2D eigenvalue weighted by molar-refractivity contribution is 9.10. The van der Waals surface area contributed by atoms with E-state index in [4.69, 9.17) is 11.6 Å². The molecule has 0 saturated carbocycles. The van der Waals surface area contributed by atoms with Crippen molar-refractivity contribution in [3.8, 4) is 0 Å². The van der Waals surface area contributed by atoms with Crippen LogP contribution in [-0.2, 0) is 10.0 Å². The molecule has 1 aliphatic rings. The minimum Gasteiger partial charge on any atom is -0.382 e. The molecule has 1 aromatic rings. The van der Waals surface area contributed by atoms with Crippen molar-refractivity contribution in [3.63, 3.8) is 0 Å². The van der Waals surface area contributed by atoms with Gasteiger partial charge in [-0.1, -0.05) is 32.4 Å². The van der Waals surface area contributed by atoms with Crippen molar-refractivity contribution in [2.45, 2.75) is 31.7 Å². The lowest BCUT2D eigenvalue weighted by Gasteiger charge is -2.29. The lowest BCUT2D eigenvalue weighted by atomic mass is 9.87. The number of rotatable bonds is 0. The summed E-state index contributed by atoms with van der Waals surface area (Å²) in [6, 6.07) is 2.96. The van der Waals surface area contributed by atoms with Crippen molar-refractivity contribution >= 4 is 43.2 Å². The summed E-state index contributed by atoms with van der Waals surface area (Å²) in [6.07, 6.45) is 0. The van der Waals surface area contributed by atoms with Crippen LogP contribution in [0.15, 0.2) is 21.5 Å². The molecule has 0 fully saturated rings. The van der Waals surface area contributed by atoms with E-state index in [9.17, 15) is 8.42 Å². The molecular weight excluding hydrogens is 352 g/mol. The van der Waals surface area contributed by atoms with Crippen LogP contribution >= 0.6 is 27.5 Å². The number of anilines is 1. The molecule has 19 heavy (non-hydrogen) atoms. The number of sulfonamides is 1. The zero-order chi connectivity index (χ0) is 14.4. The maximum Gasteiger partial charge on any atom is 0.242 e. The fourth-order valence-corrected chi connectivity index (χ4v) is 4.17. The molecule has 1 aliphatic heterocycles. The molecule has 2 N–H and O–H groups in total. The Labute approximate surface area is 127 Å². The molecule has 2 rings (SSSR count). The van der Waals surface area contributed by atoms with Gasteiger partial charge < -0.3 is 5.32 Å². The van der Waals surface area contributed by atoms with Crippen LogP contribution in [0, 0.1) is 5.41 Å². The predicted octanol–water partition coefficient (Wildman–Crippen LogP) is 3.22. The second kappa shape index (κ2) is 4.91. The minimum atomic E-state index is -3.55. The second-order valence-electron chi connectivity index (χ2n) is 5.68. The summed E-state index contributed by atoms with van der Waals surface area (Å²) >= 11 is 9.27. The summed E-state index contributed by atoms with van der Waals surface area (Å²) in [5.41, 5.74) is 0.357. The van der Waals surface area contributed by atoms with E-state index in [0.29, 0.717) is 21.7 Å². The molecule has 0 aliphatic carbocycles. The first-order valence-corrected chi connectivity index (χ1v) is 8.52. The molecule has 1 heterocycles. The maximum absolute atomic E-state index is 12.4. The summed E-state index contributed by atoms with van der Waals surface area (Å²) in [7, 11) is -3.55.